The van der Waals surface area contributed by atoms with Crippen LogP contribution in [0.2, 0.25) is 0 Å². The number of aryl methyl sites for hydroxylation is 1. The van der Waals surface area contributed by atoms with Crippen LogP contribution in [-0.2, 0) is 11.3 Å². The Morgan fingerprint density at radius 2 is 1.74 bits per heavy atom. The molecule has 1 atom stereocenters. The molecule has 2 heterocycles. The van der Waals surface area contributed by atoms with Crippen LogP contribution < -0.4 is 25.0 Å². The van der Waals surface area contributed by atoms with E-state index in [1.165, 1.54) is 33.5 Å². The van der Waals surface area contributed by atoms with Gasteiger partial charge in [-0.1, -0.05) is 11.2 Å². The number of amides is 1. The molecule has 2 aromatic heterocycles. The summed E-state index contributed by atoms with van der Waals surface area (Å²) < 4.78 is 26.7. The maximum Gasteiger partial charge on any atom is 0.246 e. The molecule has 0 bridgehead atoms. The Hall–Kier alpha value is -5.00. The first-order valence-corrected chi connectivity index (χ1v) is 11.8. The van der Waals surface area contributed by atoms with Crippen molar-refractivity contribution in [3.8, 4) is 40.1 Å². The minimum atomic E-state index is -0.878. The number of ether oxygens (including phenoxy) is 3. The number of hydrogen-bond donors (Lipinski definition) is 3. The topological polar surface area (TPSA) is 166 Å². The zero-order chi connectivity index (χ0) is 28.1. The summed E-state index contributed by atoms with van der Waals surface area (Å²) in [5.74, 6) is -0.232. The molecule has 204 valence electrons. The van der Waals surface area contributed by atoms with Gasteiger partial charge in [-0.2, -0.15) is 4.98 Å². The number of carbonyl (C=O) groups excluding carboxylic acids is 1. The SMILES string of the molecule is COc1cc([C@@H](CC(=O)NCc2nc(-c3ccc(OC)c(OC)c3)no2)c2oc(C)cc(=O)c2O)ccc1O. The summed E-state index contributed by atoms with van der Waals surface area (Å²) in [7, 11) is 4.43. The molecule has 0 saturated heterocycles. The lowest BCUT2D eigenvalue weighted by Gasteiger charge is -2.18. The maximum absolute atomic E-state index is 13.0. The number of aromatic hydroxyl groups is 2. The molecule has 3 N–H and O–H groups in total. The van der Waals surface area contributed by atoms with Crippen LogP contribution >= 0.6 is 0 Å². The predicted octanol–water partition coefficient (Wildman–Crippen LogP) is 3.27. The number of carbonyl (C=O) groups is 1. The summed E-state index contributed by atoms with van der Waals surface area (Å²) in [6, 6.07) is 10.7. The lowest BCUT2D eigenvalue weighted by Crippen LogP contribution is -2.25. The number of aromatic nitrogens is 2. The number of benzene rings is 2. The molecule has 4 rings (SSSR count). The average molecular weight is 538 g/mol. The van der Waals surface area contributed by atoms with Crippen LogP contribution in [0.3, 0.4) is 0 Å². The molecular formula is C27H27N3O9. The first kappa shape index (κ1) is 27.0. The molecule has 0 saturated carbocycles. The van der Waals surface area contributed by atoms with Crippen LogP contribution in [0.4, 0.5) is 0 Å². The summed E-state index contributed by atoms with van der Waals surface area (Å²) in [6.45, 7) is 1.49. The van der Waals surface area contributed by atoms with Gasteiger partial charge in [-0.15, -0.1) is 0 Å². The van der Waals surface area contributed by atoms with E-state index in [4.69, 9.17) is 23.2 Å². The molecule has 0 unspecified atom stereocenters. The van der Waals surface area contributed by atoms with E-state index in [1.54, 1.807) is 31.2 Å². The Kier molecular flexibility index (Phi) is 8.04. The van der Waals surface area contributed by atoms with Crippen LogP contribution in [0.25, 0.3) is 11.4 Å². The molecule has 0 radical (unpaired) electrons. The van der Waals surface area contributed by atoms with Gasteiger partial charge in [0.2, 0.25) is 28.8 Å². The number of methoxy groups -OCH3 is 3. The van der Waals surface area contributed by atoms with Crippen LogP contribution in [0.15, 0.2) is 56.2 Å². The Morgan fingerprint density at radius 3 is 2.46 bits per heavy atom. The molecule has 1 amide bonds. The fourth-order valence-corrected chi connectivity index (χ4v) is 3.99. The molecule has 0 aliphatic heterocycles. The van der Waals surface area contributed by atoms with E-state index in [9.17, 15) is 19.8 Å². The minimum absolute atomic E-state index is 0.0749. The third-order valence-corrected chi connectivity index (χ3v) is 5.93. The van der Waals surface area contributed by atoms with Crippen molar-refractivity contribution in [3.63, 3.8) is 0 Å². The highest BCUT2D eigenvalue weighted by molar-refractivity contribution is 5.77. The molecule has 0 fully saturated rings. The van der Waals surface area contributed by atoms with Gasteiger partial charge in [0.25, 0.3) is 0 Å². The first-order chi connectivity index (χ1) is 18.7. The monoisotopic (exact) mass is 537 g/mol. The van der Waals surface area contributed by atoms with E-state index < -0.39 is 23.0 Å². The fraction of sp³-hybridized carbons (Fsp3) is 0.259. The van der Waals surface area contributed by atoms with Crippen LogP contribution in [0, 0.1) is 6.92 Å². The first-order valence-electron chi connectivity index (χ1n) is 11.8. The second kappa shape index (κ2) is 11.6. The van der Waals surface area contributed by atoms with Gasteiger partial charge in [-0.05, 0) is 42.8 Å². The molecule has 12 nitrogen and oxygen atoms in total. The van der Waals surface area contributed by atoms with Crippen molar-refractivity contribution >= 4 is 5.91 Å². The molecule has 12 heteroatoms. The van der Waals surface area contributed by atoms with Crippen molar-refractivity contribution in [2.75, 3.05) is 21.3 Å². The number of phenolic OH excluding ortho intramolecular Hbond substituents is 1. The van der Waals surface area contributed by atoms with Gasteiger partial charge in [0.05, 0.1) is 33.8 Å². The zero-order valence-corrected chi connectivity index (χ0v) is 21.7. The number of hydrogen-bond acceptors (Lipinski definition) is 11. The van der Waals surface area contributed by atoms with E-state index in [-0.39, 0.29) is 41.9 Å². The number of phenols is 1. The van der Waals surface area contributed by atoms with Crippen molar-refractivity contribution in [3.05, 3.63) is 75.7 Å². The van der Waals surface area contributed by atoms with Gasteiger partial charge in [-0.25, -0.2) is 0 Å². The number of nitrogens with zero attached hydrogens (tertiary/aromatic N) is 2. The third-order valence-electron chi connectivity index (χ3n) is 5.93. The fourth-order valence-electron chi connectivity index (χ4n) is 3.99. The van der Waals surface area contributed by atoms with Crippen molar-refractivity contribution in [2.45, 2.75) is 25.8 Å². The molecule has 0 aliphatic rings. The Bertz CT molecular complexity index is 1540. The van der Waals surface area contributed by atoms with Gasteiger partial charge in [-0.3, -0.25) is 9.59 Å². The Morgan fingerprint density at radius 1 is 1.00 bits per heavy atom. The molecule has 2 aromatic carbocycles. The average Bonchev–Trinajstić information content (AvgIpc) is 3.42. The van der Waals surface area contributed by atoms with Crippen molar-refractivity contribution in [1.82, 2.24) is 15.5 Å². The highest BCUT2D eigenvalue weighted by Gasteiger charge is 2.27. The van der Waals surface area contributed by atoms with Gasteiger partial charge in [0.1, 0.15) is 5.76 Å². The summed E-state index contributed by atoms with van der Waals surface area (Å²) in [6.07, 6.45) is -0.218. The number of nitrogens with one attached hydrogen (secondary N) is 1. The third kappa shape index (κ3) is 5.95. The molecule has 39 heavy (non-hydrogen) atoms. The van der Waals surface area contributed by atoms with Crippen LogP contribution in [0.5, 0.6) is 28.7 Å². The zero-order valence-electron chi connectivity index (χ0n) is 21.7. The Balaban J connectivity index is 1.54. The normalized spacial score (nSPS) is 11.6. The van der Waals surface area contributed by atoms with Gasteiger partial charge >= 0.3 is 0 Å². The smallest absolute Gasteiger partial charge is 0.246 e. The van der Waals surface area contributed by atoms with Crippen molar-refractivity contribution in [2.24, 2.45) is 0 Å². The highest BCUT2D eigenvalue weighted by Crippen LogP contribution is 2.37. The summed E-state index contributed by atoms with van der Waals surface area (Å²) >= 11 is 0. The van der Waals surface area contributed by atoms with Gasteiger partial charge in [0.15, 0.2) is 28.8 Å². The molecule has 4 aromatic rings. The lowest BCUT2D eigenvalue weighted by atomic mass is 9.91. The van der Waals surface area contributed by atoms with Crippen molar-refractivity contribution in [1.29, 1.82) is 0 Å². The second-order valence-electron chi connectivity index (χ2n) is 8.48. The van der Waals surface area contributed by atoms with E-state index >= 15 is 0 Å². The quantitative estimate of drug-likeness (QED) is 0.272. The summed E-state index contributed by atoms with van der Waals surface area (Å²) in [5, 5.41) is 27.1. The van der Waals surface area contributed by atoms with E-state index in [0.29, 0.717) is 28.5 Å². The van der Waals surface area contributed by atoms with Crippen LogP contribution in [-0.4, -0.2) is 47.6 Å². The maximum atomic E-state index is 13.0. The summed E-state index contributed by atoms with van der Waals surface area (Å²) in [5.41, 5.74) is 0.455. The summed E-state index contributed by atoms with van der Waals surface area (Å²) in [4.78, 5) is 29.6. The van der Waals surface area contributed by atoms with E-state index in [0.717, 1.165) is 6.07 Å². The standard InChI is InChI=1S/C27H27N3O9/c1-14-9-19(32)25(34)26(38-14)17(15-5-7-18(31)21(10-15)36-3)12-23(33)28-13-24-29-27(30-39-24)16-6-8-20(35-2)22(11-16)37-4/h5-11,17,31,34H,12-13H2,1-4H3,(H,28,33)/t17-/m1/s1. The van der Waals surface area contributed by atoms with Gasteiger partial charge < -0.3 is 38.7 Å². The number of rotatable bonds is 10. The Labute approximate surface area is 222 Å². The molecule has 0 aliphatic carbocycles. The van der Waals surface area contributed by atoms with Crippen LogP contribution in [0.1, 0.15) is 35.3 Å². The van der Waals surface area contributed by atoms with Gasteiger partial charge in [0, 0.05) is 18.1 Å². The molecular weight excluding hydrogens is 510 g/mol. The van der Waals surface area contributed by atoms with E-state index in [2.05, 4.69) is 15.5 Å². The van der Waals surface area contributed by atoms with E-state index in [1.807, 2.05) is 0 Å². The lowest BCUT2D eigenvalue weighted by molar-refractivity contribution is -0.121. The highest BCUT2D eigenvalue weighted by atomic mass is 16.5. The minimum Gasteiger partial charge on any atom is -0.504 e. The largest absolute Gasteiger partial charge is 0.504 e. The van der Waals surface area contributed by atoms with Crippen molar-refractivity contribution < 1.29 is 38.2 Å². The molecule has 0 spiro atoms. The second-order valence-corrected chi connectivity index (χ2v) is 8.48. The predicted molar refractivity (Wildman–Crippen MR) is 137 cm³/mol.